The molecule has 0 aliphatic carbocycles. The van der Waals surface area contributed by atoms with Gasteiger partial charge in [-0.05, 0) is 61.4 Å². The third kappa shape index (κ3) is 4.37. The van der Waals surface area contributed by atoms with Crippen LogP contribution in [0.15, 0.2) is 71.6 Å². The van der Waals surface area contributed by atoms with E-state index in [4.69, 9.17) is 0 Å². The molecule has 1 amide bonds. The van der Waals surface area contributed by atoms with Crippen molar-refractivity contribution in [2.45, 2.75) is 18.7 Å². The molecule has 3 aromatic rings. The second-order valence-electron chi connectivity index (χ2n) is 6.39. The normalized spacial score (nSPS) is 11.1. The van der Waals surface area contributed by atoms with E-state index < -0.39 is 21.7 Å². The highest BCUT2D eigenvalue weighted by molar-refractivity contribution is 7.92. The van der Waals surface area contributed by atoms with Gasteiger partial charge < -0.3 is 5.32 Å². The Bertz CT molecular complexity index is 1140. The van der Waals surface area contributed by atoms with Crippen molar-refractivity contribution in [2.24, 2.45) is 0 Å². The molecule has 0 spiro atoms. The predicted octanol–water partition coefficient (Wildman–Crippen LogP) is 4.50. The zero-order valence-electron chi connectivity index (χ0n) is 15.4. The lowest BCUT2D eigenvalue weighted by Gasteiger charge is -2.12. The van der Waals surface area contributed by atoms with Crippen LogP contribution in [-0.4, -0.2) is 14.3 Å². The second-order valence-corrected chi connectivity index (χ2v) is 8.07. The number of halogens is 1. The number of sulfonamides is 1. The Morgan fingerprint density at radius 1 is 0.929 bits per heavy atom. The highest BCUT2D eigenvalue weighted by Crippen LogP contribution is 2.21. The van der Waals surface area contributed by atoms with Crippen LogP contribution < -0.4 is 10.0 Å². The van der Waals surface area contributed by atoms with E-state index in [2.05, 4.69) is 10.0 Å². The molecule has 0 aromatic heterocycles. The summed E-state index contributed by atoms with van der Waals surface area (Å²) in [5.41, 5.74) is 2.09. The summed E-state index contributed by atoms with van der Waals surface area (Å²) < 4.78 is 41.7. The third-order valence-electron chi connectivity index (χ3n) is 4.16. The molecule has 5 nitrogen and oxygen atoms in total. The average Bonchev–Trinajstić information content (AvgIpc) is 2.63. The van der Waals surface area contributed by atoms with E-state index in [9.17, 15) is 17.6 Å². The molecule has 0 aliphatic rings. The highest BCUT2D eigenvalue weighted by Gasteiger charge is 2.19. The lowest BCUT2D eigenvalue weighted by atomic mass is 10.1. The first-order valence-corrected chi connectivity index (χ1v) is 10.0. The van der Waals surface area contributed by atoms with Crippen molar-refractivity contribution in [1.82, 2.24) is 0 Å². The Kier molecular flexibility index (Phi) is 5.46. The van der Waals surface area contributed by atoms with Gasteiger partial charge in [0.15, 0.2) is 0 Å². The van der Waals surface area contributed by atoms with E-state index in [0.717, 1.165) is 5.56 Å². The van der Waals surface area contributed by atoms with Crippen molar-refractivity contribution in [2.75, 3.05) is 10.0 Å². The van der Waals surface area contributed by atoms with Gasteiger partial charge in [0.1, 0.15) is 5.82 Å². The molecular formula is C21H19FN2O3S. The quantitative estimate of drug-likeness (QED) is 0.665. The van der Waals surface area contributed by atoms with Gasteiger partial charge in [-0.25, -0.2) is 12.8 Å². The third-order valence-corrected chi connectivity index (χ3v) is 5.54. The summed E-state index contributed by atoms with van der Waals surface area (Å²) in [4.78, 5) is 12.5. The van der Waals surface area contributed by atoms with E-state index >= 15 is 0 Å². The molecule has 0 heterocycles. The number of carbonyl (C=O) groups is 1. The summed E-state index contributed by atoms with van der Waals surface area (Å²) in [6, 6.07) is 17.0. The molecule has 0 unspecified atom stereocenters. The van der Waals surface area contributed by atoms with Gasteiger partial charge in [-0.2, -0.15) is 0 Å². The fraction of sp³-hybridized carbons (Fsp3) is 0.0952. The number of hydrogen-bond donors (Lipinski definition) is 2. The van der Waals surface area contributed by atoms with Crippen molar-refractivity contribution in [3.05, 3.63) is 89.2 Å². The molecule has 2 N–H and O–H groups in total. The maximum atomic E-state index is 13.8. The molecule has 7 heteroatoms. The van der Waals surface area contributed by atoms with Gasteiger partial charge in [-0.3, -0.25) is 9.52 Å². The van der Waals surface area contributed by atoms with Gasteiger partial charge in [-0.1, -0.05) is 30.3 Å². The minimum absolute atomic E-state index is 0.0260. The van der Waals surface area contributed by atoms with Crippen LogP contribution in [0.25, 0.3) is 0 Å². The summed E-state index contributed by atoms with van der Waals surface area (Å²) in [7, 11) is -3.89. The molecule has 3 aromatic carbocycles. The fourth-order valence-corrected chi connectivity index (χ4v) is 3.76. The SMILES string of the molecule is Cc1cccc(NS(=O)(=O)c2ccc(C)c(C(=O)Nc3ccccc3F)c2)c1. The van der Waals surface area contributed by atoms with Crippen molar-refractivity contribution in [1.29, 1.82) is 0 Å². The summed E-state index contributed by atoms with van der Waals surface area (Å²) in [5, 5.41) is 2.47. The molecule has 0 atom stereocenters. The second kappa shape index (κ2) is 7.82. The van der Waals surface area contributed by atoms with Gasteiger partial charge in [-0.15, -0.1) is 0 Å². The topological polar surface area (TPSA) is 75.3 Å². The van der Waals surface area contributed by atoms with Gasteiger partial charge in [0.05, 0.1) is 10.6 Å². The van der Waals surface area contributed by atoms with E-state index in [1.165, 1.54) is 30.3 Å². The number of anilines is 2. The summed E-state index contributed by atoms with van der Waals surface area (Å²) in [6.07, 6.45) is 0. The molecule has 144 valence electrons. The van der Waals surface area contributed by atoms with Crippen LogP contribution in [0.4, 0.5) is 15.8 Å². The van der Waals surface area contributed by atoms with Gasteiger partial charge >= 0.3 is 0 Å². The first kappa shape index (κ1) is 19.6. The van der Waals surface area contributed by atoms with Crippen LogP contribution in [0, 0.1) is 19.7 Å². The fourth-order valence-electron chi connectivity index (χ4n) is 2.69. The molecule has 0 radical (unpaired) electrons. The monoisotopic (exact) mass is 398 g/mol. The molecule has 3 rings (SSSR count). The van der Waals surface area contributed by atoms with Gasteiger partial charge in [0.25, 0.3) is 15.9 Å². The first-order valence-electron chi connectivity index (χ1n) is 8.52. The molecule has 0 bridgehead atoms. The maximum absolute atomic E-state index is 13.8. The highest BCUT2D eigenvalue weighted by atomic mass is 32.2. The Morgan fingerprint density at radius 2 is 1.68 bits per heavy atom. The number of aryl methyl sites for hydroxylation is 2. The zero-order chi connectivity index (χ0) is 20.3. The summed E-state index contributed by atoms with van der Waals surface area (Å²) in [6.45, 7) is 3.54. The Hall–Kier alpha value is -3.19. The molecule has 0 saturated heterocycles. The smallest absolute Gasteiger partial charge is 0.261 e. The van der Waals surface area contributed by atoms with Crippen molar-refractivity contribution in [3.63, 3.8) is 0 Å². The number of nitrogens with one attached hydrogen (secondary N) is 2. The lowest BCUT2D eigenvalue weighted by Crippen LogP contribution is -2.17. The number of amides is 1. The molecule has 28 heavy (non-hydrogen) atoms. The summed E-state index contributed by atoms with van der Waals surface area (Å²) in [5.74, 6) is -1.16. The van der Waals surface area contributed by atoms with Crippen LogP contribution in [0.3, 0.4) is 0 Å². The number of hydrogen-bond acceptors (Lipinski definition) is 3. The Labute approximate surface area is 163 Å². The van der Waals surface area contributed by atoms with Crippen LogP contribution in [0.5, 0.6) is 0 Å². The van der Waals surface area contributed by atoms with Gasteiger partial charge in [0, 0.05) is 11.3 Å². The van der Waals surface area contributed by atoms with Crippen LogP contribution >= 0.6 is 0 Å². The Morgan fingerprint density at radius 3 is 2.39 bits per heavy atom. The number of carbonyl (C=O) groups excluding carboxylic acids is 1. The first-order chi connectivity index (χ1) is 13.3. The number of rotatable bonds is 5. The van der Waals surface area contributed by atoms with E-state index in [1.54, 1.807) is 37.3 Å². The molecule has 0 saturated carbocycles. The average molecular weight is 398 g/mol. The Balaban J connectivity index is 1.90. The maximum Gasteiger partial charge on any atom is 0.261 e. The van der Waals surface area contributed by atoms with Crippen molar-refractivity contribution in [3.8, 4) is 0 Å². The molecular weight excluding hydrogens is 379 g/mol. The largest absolute Gasteiger partial charge is 0.319 e. The summed E-state index contributed by atoms with van der Waals surface area (Å²) >= 11 is 0. The lowest BCUT2D eigenvalue weighted by molar-refractivity contribution is 0.102. The van der Waals surface area contributed by atoms with E-state index in [-0.39, 0.29) is 16.1 Å². The standard InChI is InChI=1S/C21H19FN2O3S/c1-14-6-5-7-16(12-14)24-28(26,27)17-11-10-15(2)18(13-17)21(25)23-20-9-4-3-8-19(20)22/h3-13,24H,1-2H3,(H,23,25). The minimum Gasteiger partial charge on any atom is -0.319 e. The van der Waals surface area contributed by atoms with Crippen LogP contribution in [-0.2, 0) is 10.0 Å². The van der Waals surface area contributed by atoms with E-state index in [0.29, 0.717) is 11.3 Å². The molecule has 0 aliphatic heterocycles. The number of para-hydroxylation sites is 1. The zero-order valence-corrected chi connectivity index (χ0v) is 16.2. The van der Waals surface area contributed by atoms with E-state index in [1.807, 2.05) is 13.0 Å². The van der Waals surface area contributed by atoms with Crippen LogP contribution in [0.2, 0.25) is 0 Å². The predicted molar refractivity (Wildman–Crippen MR) is 108 cm³/mol. The minimum atomic E-state index is -3.89. The molecule has 0 fully saturated rings. The van der Waals surface area contributed by atoms with Crippen LogP contribution in [0.1, 0.15) is 21.5 Å². The van der Waals surface area contributed by atoms with Gasteiger partial charge in [0.2, 0.25) is 0 Å². The van der Waals surface area contributed by atoms with Crippen molar-refractivity contribution < 1.29 is 17.6 Å². The number of benzene rings is 3. The van der Waals surface area contributed by atoms with Crippen molar-refractivity contribution >= 4 is 27.3 Å².